The maximum Gasteiger partial charge on any atom is 0.319 e. The standard InChI is InChI=1S/C10H12O4/c1-14-9(13)10(5-12)3-8(10)7-2-6(7)4-11/h4-8H,2-3H2,1H3/t6-,7-,8+,10+/m1/s1. The van der Waals surface area contributed by atoms with Crippen molar-refractivity contribution >= 4 is 18.5 Å². The molecule has 2 aliphatic carbocycles. The normalized spacial score (nSPS) is 43.9. The number of carbonyl (C=O) groups is 3. The second kappa shape index (κ2) is 2.90. The number of aldehydes is 2. The summed E-state index contributed by atoms with van der Waals surface area (Å²) in [6.45, 7) is 0. The highest BCUT2D eigenvalue weighted by Gasteiger charge is 2.68. The van der Waals surface area contributed by atoms with E-state index in [2.05, 4.69) is 4.74 Å². The maximum atomic E-state index is 11.3. The minimum absolute atomic E-state index is 0.0441. The number of methoxy groups -OCH3 is 1. The predicted octanol–water partition coefficient (Wildman–Crippen LogP) is 0.200. The van der Waals surface area contributed by atoms with E-state index >= 15 is 0 Å². The van der Waals surface area contributed by atoms with Gasteiger partial charge >= 0.3 is 5.97 Å². The van der Waals surface area contributed by atoms with Gasteiger partial charge in [0.15, 0.2) is 0 Å². The lowest BCUT2D eigenvalue weighted by molar-refractivity contribution is -0.149. The van der Waals surface area contributed by atoms with Gasteiger partial charge in [-0.05, 0) is 24.7 Å². The van der Waals surface area contributed by atoms with Crippen LogP contribution in [0, 0.1) is 23.2 Å². The maximum absolute atomic E-state index is 11.3. The highest BCUT2D eigenvalue weighted by Crippen LogP contribution is 2.64. The summed E-state index contributed by atoms with van der Waals surface area (Å²) in [5.74, 6) is -0.111. The van der Waals surface area contributed by atoms with Gasteiger partial charge in [-0.2, -0.15) is 0 Å². The fourth-order valence-corrected chi connectivity index (χ4v) is 2.30. The van der Waals surface area contributed by atoms with Crippen LogP contribution < -0.4 is 0 Å². The first kappa shape index (κ1) is 9.37. The molecule has 0 aromatic heterocycles. The van der Waals surface area contributed by atoms with Crippen molar-refractivity contribution in [1.82, 2.24) is 0 Å². The molecule has 2 rings (SSSR count). The number of ether oxygens (including phenoxy) is 1. The van der Waals surface area contributed by atoms with Crippen LogP contribution >= 0.6 is 0 Å². The molecule has 2 aliphatic rings. The largest absolute Gasteiger partial charge is 0.468 e. The van der Waals surface area contributed by atoms with Gasteiger partial charge in [0.1, 0.15) is 18.0 Å². The highest BCUT2D eigenvalue weighted by atomic mass is 16.5. The topological polar surface area (TPSA) is 60.4 Å². The molecule has 14 heavy (non-hydrogen) atoms. The highest BCUT2D eigenvalue weighted by molar-refractivity contribution is 5.97. The van der Waals surface area contributed by atoms with E-state index in [9.17, 15) is 14.4 Å². The van der Waals surface area contributed by atoms with Crippen LogP contribution in [0.3, 0.4) is 0 Å². The summed E-state index contributed by atoms with van der Waals surface area (Å²) in [7, 11) is 1.28. The van der Waals surface area contributed by atoms with Crippen LogP contribution in [0.4, 0.5) is 0 Å². The molecule has 0 spiro atoms. The molecular formula is C10H12O4. The van der Waals surface area contributed by atoms with Crippen molar-refractivity contribution in [2.45, 2.75) is 12.8 Å². The second-order valence-electron chi connectivity index (χ2n) is 4.16. The predicted molar refractivity (Wildman–Crippen MR) is 46.3 cm³/mol. The molecule has 0 radical (unpaired) electrons. The zero-order valence-corrected chi connectivity index (χ0v) is 7.93. The third-order valence-electron chi connectivity index (χ3n) is 3.42. The first-order valence-electron chi connectivity index (χ1n) is 4.69. The van der Waals surface area contributed by atoms with E-state index in [0.717, 1.165) is 12.7 Å². The van der Waals surface area contributed by atoms with Crippen LogP contribution in [-0.4, -0.2) is 25.7 Å². The van der Waals surface area contributed by atoms with Crippen molar-refractivity contribution in [2.75, 3.05) is 7.11 Å². The van der Waals surface area contributed by atoms with Gasteiger partial charge in [-0.3, -0.25) is 4.79 Å². The number of hydrogen-bond acceptors (Lipinski definition) is 4. The van der Waals surface area contributed by atoms with Crippen LogP contribution in [0.1, 0.15) is 12.8 Å². The smallest absolute Gasteiger partial charge is 0.319 e. The van der Waals surface area contributed by atoms with E-state index in [1.165, 1.54) is 7.11 Å². The molecule has 0 heterocycles. The summed E-state index contributed by atoms with van der Waals surface area (Å²) in [5, 5.41) is 0. The van der Waals surface area contributed by atoms with E-state index in [1.54, 1.807) is 0 Å². The molecule has 2 saturated carbocycles. The number of hydrogen-bond donors (Lipinski definition) is 0. The fourth-order valence-electron chi connectivity index (χ4n) is 2.30. The molecule has 0 aliphatic heterocycles. The summed E-state index contributed by atoms with van der Waals surface area (Å²) >= 11 is 0. The molecule has 0 N–H and O–H groups in total. The third-order valence-corrected chi connectivity index (χ3v) is 3.42. The van der Waals surface area contributed by atoms with Gasteiger partial charge in [-0.1, -0.05) is 0 Å². The molecule has 76 valence electrons. The molecule has 4 nitrogen and oxygen atoms in total. The van der Waals surface area contributed by atoms with Gasteiger partial charge in [-0.15, -0.1) is 0 Å². The number of esters is 1. The molecule has 0 amide bonds. The molecule has 2 fully saturated rings. The van der Waals surface area contributed by atoms with Crippen LogP contribution in [-0.2, 0) is 19.1 Å². The van der Waals surface area contributed by atoms with Crippen LogP contribution in [0.15, 0.2) is 0 Å². The van der Waals surface area contributed by atoms with E-state index < -0.39 is 11.4 Å². The van der Waals surface area contributed by atoms with Crippen LogP contribution in [0.5, 0.6) is 0 Å². The average Bonchev–Trinajstić information content (AvgIpc) is 3.08. The monoisotopic (exact) mass is 196 g/mol. The van der Waals surface area contributed by atoms with Crippen LogP contribution in [0.2, 0.25) is 0 Å². The zero-order chi connectivity index (χ0) is 10.3. The van der Waals surface area contributed by atoms with Crippen molar-refractivity contribution in [2.24, 2.45) is 23.2 Å². The van der Waals surface area contributed by atoms with Crippen molar-refractivity contribution in [1.29, 1.82) is 0 Å². The first-order valence-corrected chi connectivity index (χ1v) is 4.69. The Hall–Kier alpha value is -1.19. The van der Waals surface area contributed by atoms with Gasteiger partial charge in [-0.25, -0.2) is 0 Å². The Morgan fingerprint density at radius 1 is 1.50 bits per heavy atom. The minimum Gasteiger partial charge on any atom is -0.468 e. The summed E-state index contributed by atoms with van der Waals surface area (Å²) in [6, 6.07) is 0. The van der Waals surface area contributed by atoms with E-state index in [1.807, 2.05) is 0 Å². The minimum atomic E-state index is -0.919. The van der Waals surface area contributed by atoms with Gasteiger partial charge < -0.3 is 14.3 Å². The zero-order valence-electron chi connectivity index (χ0n) is 7.93. The molecule has 0 bridgehead atoms. The summed E-state index contributed by atoms with van der Waals surface area (Å²) in [6.07, 6.45) is 2.97. The quantitative estimate of drug-likeness (QED) is 0.366. The van der Waals surface area contributed by atoms with Gasteiger partial charge in [0.05, 0.1) is 7.11 Å². The molecule has 0 aromatic rings. The number of carbonyl (C=O) groups excluding carboxylic acids is 3. The molecular weight excluding hydrogens is 184 g/mol. The number of rotatable bonds is 4. The van der Waals surface area contributed by atoms with Crippen molar-refractivity contribution in [3.05, 3.63) is 0 Å². The van der Waals surface area contributed by atoms with Gasteiger partial charge in [0, 0.05) is 5.92 Å². The van der Waals surface area contributed by atoms with Crippen molar-refractivity contribution < 1.29 is 19.1 Å². The van der Waals surface area contributed by atoms with Crippen molar-refractivity contribution in [3.63, 3.8) is 0 Å². The van der Waals surface area contributed by atoms with E-state index in [0.29, 0.717) is 12.7 Å². The molecule has 4 atom stereocenters. The van der Waals surface area contributed by atoms with Crippen molar-refractivity contribution in [3.8, 4) is 0 Å². The Labute approximate surface area is 81.6 Å². The van der Waals surface area contributed by atoms with E-state index in [4.69, 9.17) is 0 Å². The summed E-state index contributed by atoms with van der Waals surface area (Å²) in [5.41, 5.74) is -0.919. The Morgan fingerprint density at radius 2 is 2.21 bits per heavy atom. The third kappa shape index (κ3) is 1.10. The lowest BCUT2D eigenvalue weighted by Crippen LogP contribution is -2.22. The lowest BCUT2D eigenvalue weighted by atomic mass is 10.0. The summed E-state index contributed by atoms with van der Waals surface area (Å²) in [4.78, 5) is 32.6. The van der Waals surface area contributed by atoms with E-state index in [-0.39, 0.29) is 17.8 Å². The second-order valence-corrected chi connectivity index (χ2v) is 4.16. The molecule has 0 saturated heterocycles. The van der Waals surface area contributed by atoms with Gasteiger partial charge in [0.2, 0.25) is 0 Å². The Balaban J connectivity index is 2.03. The first-order chi connectivity index (χ1) is 6.69. The molecule has 0 unspecified atom stereocenters. The SMILES string of the molecule is COC(=O)[C@]1(C=O)C[C@H]1[C@@H]1C[C@@H]1C=O. The fraction of sp³-hybridized carbons (Fsp3) is 0.700. The molecule has 0 aromatic carbocycles. The Kier molecular flexibility index (Phi) is 1.94. The Bertz CT molecular complexity index is 298. The van der Waals surface area contributed by atoms with Crippen LogP contribution in [0.25, 0.3) is 0 Å². The summed E-state index contributed by atoms with van der Waals surface area (Å²) < 4.78 is 4.59. The molecule has 4 heteroatoms. The van der Waals surface area contributed by atoms with Gasteiger partial charge in [0.25, 0.3) is 0 Å². The lowest BCUT2D eigenvalue weighted by Gasteiger charge is -2.05. The Morgan fingerprint density at radius 3 is 2.64 bits per heavy atom. The average molecular weight is 196 g/mol.